The molecule has 35 heavy (non-hydrogen) atoms. The Labute approximate surface area is 206 Å². The first kappa shape index (κ1) is 24.4. The van der Waals surface area contributed by atoms with E-state index >= 15 is 0 Å². The number of hydrogen-bond donors (Lipinski definition) is 0. The van der Waals surface area contributed by atoms with Crippen molar-refractivity contribution in [3.63, 3.8) is 0 Å². The summed E-state index contributed by atoms with van der Waals surface area (Å²) in [7, 11) is 3.98. The Balaban J connectivity index is 1.82. The zero-order valence-corrected chi connectivity index (χ0v) is 20.7. The Kier molecular flexibility index (Phi) is 7.42. The van der Waals surface area contributed by atoms with Gasteiger partial charge in [-0.2, -0.15) is 5.10 Å². The summed E-state index contributed by atoms with van der Waals surface area (Å²) in [6.07, 6.45) is 0. The molecule has 1 amide bonds. The predicted octanol–water partition coefficient (Wildman–Crippen LogP) is 5.50. The van der Waals surface area contributed by atoms with Gasteiger partial charge in [0, 0.05) is 25.2 Å². The van der Waals surface area contributed by atoms with Crippen LogP contribution in [-0.2, 0) is 6.54 Å². The van der Waals surface area contributed by atoms with E-state index in [1.54, 1.807) is 28.9 Å². The van der Waals surface area contributed by atoms with Crippen molar-refractivity contribution in [2.75, 3.05) is 27.2 Å². The second kappa shape index (κ2) is 10.7. The van der Waals surface area contributed by atoms with E-state index in [0.717, 1.165) is 28.9 Å². The molecule has 4 rings (SSSR count). The van der Waals surface area contributed by atoms with Gasteiger partial charge in [0.25, 0.3) is 5.91 Å². The van der Waals surface area contributed by atoms with E-state index in [2.05, 4.69) is 4.90 Å². The van der Waals surface area contributed by atoms with Crippen molar-refractivity contribution in [1.82, 2.24) is 19.6 Å². The predicted molar refractivity (Wildman–Crippen MR) is 138 cm³/mol. The number of amides is 1. The lowest BCUT2D eigenvalue weighted by molar-refractivity contribution is 0.0722. The van der Waals surface area contributed by atoms with Crippen LogP contribution in [0, 0.1) is 19.7 Å². The lowest BCUT2D eigenvalue weighted by Crippen LogP contribution is -2.37. The normalized spacial score (nSPS) is 11.1. The molecule has 5 nitrogen and oxygen atoms in total. The Morgan fingerprint density at radius 3 is 2.34 bits per heavy atom. The highest BCUT2D eigenvalue weighted by Crippen LogP contribution is 2.27. The van der Waals surface area contributed by atoms with Crippen molar-refractivity contribution in [3.8, 4) is 16.9 Å². The molecule has 1 aromatic heterocycles. The maximum atomic E-state index is 14.7. The molecule has 0 N–H and O–H groups in total. The van der Waals surface area contributed by atoms with Crippen molar-refractivity contribution < 1.29 is 9.18 Å². The van der Waals surface area contributed by atoms with Gasteiger partial charge >= 0.3 is 0 Å². The van der Waals surface area contributed by atoms with E-state index in [9.17, 15) is 9.18 Å². The molecule has 0 atom stereocenters. The SMILES string of the molecule is Cc1ccc(C)c(-n2nc(-c3ccccc3F)cc2C(=O)N(CCN(C)C)Cc2ccccc2)c1. The number of aryl methyl sites for hydroxylation is 2. The molecule has 0 saturated heterocycles. The molecule has 0 saturated carbocycles. The number of rotatable bonds is 8. The van der Waals surface area contributed by atoms with Crippen molar-refractivity contribution in [3.05, 3.63) is 107 Å². The Morgan fingerprint density at radius 2 is 1.63 bits per heavy atom. The standard InChI is InChI=1S/C29H31FN4O/c1-21-14-15-22(2)27(18-21)34-28(19-26(31-34)24-12-8-9-13-25(24)30)29(35)33(17-16-32(3)4)20-23-10-6-5-7-11-23/h5-15,18-19H,16-17,20H2,1-4H3. The highest BCUT2D eigenvalue weighted by molar-refractivity contribution is 5.94. The third-order valence-electron chi connectivity index (χ3n) is 5.99. The molecule has 0 bridgehead atoms. The molecule has 4 aromatic rings. The van der Waals surface area contributed by atoms with Crippen LogP contribution in [0.5, 0.6) is 0 Å². The number of aromatic nitrogens is 2. The van der Waals surface area contributed by atoms with Crippen LogP contribution in [-0.4, -0.2) is 52.7 Å². The second-order valence-electron chi connectivity index (χ2n) is 9.11. The lowest BCUT2D eigenvalue weighted by Gasteiger charge is -2.25. The summed E-state index contributed by atoms with van der Waals surface area (Å²) < 4.78 is 16.3. The van der Waals surface area contributed by atoms with Crippen molar-refractivity contribution in [2.45, 2.75) is 20.4 Å². The second-order valence-corrected chi connectivity index (χ2v) is 9.11. The summed E-state index contributed by atoms with van der Waals surface area (Å²) in [5.41, 5.74) is 5.10. The van der Waals surface area contributed by atoms with E-state index in [1.165, 1.54) is 6.07 Å². The van der Waals surface area contributed by atoms with E-state index in [4.69, 9.17) is 5.10 Å². The fourth-order valence-corrected chi connectivity index (χ4v) is 4.00. The number of carbonyl (C=O) groups excluding carboxylic acids is 1. The average molecular weight is 471 g/mol. The van der Waals surface area contributed by atoms with E-state index in [-0.39, 0.29) is 11.7 Å². The Bertz CT molecular complexity index is 1310. The highest BCUT2D eigenvalue weighted by atomic mass is 19.1. The maximum absolute atomic E-state index is 14.7. The number of likely N-dealkylation sites (N-methyl/N-ethyl adjacent to an activating group) is 1. The molecule has 0 spiro atoms. The minimum absolute atomic E-state index is 0.147. The first-order chi connectivity index (χ1) is 16.8. The van der Waals surface area contributed by atoms with Gasteiger partial charge in [-0.1, -0.05) is 54.6 Å². The zero-order valence-electron chi connectivity index (χ0n) is 20.7. The van der Waals surface area contributed by atoms with E-state index < -0.39 is 0 Å². The summed E-state index contributed by atoms with van der Waals surface area (Å²) in [6.45, 7) is 5.73. The van der Waals surface area contributed by atoms with E-state index in [0.29, 0.717) is 30.0 Å². The number of halogens is 1. The van der Waals surface area contributed by atoms with Crippen LogP contribution in [0.4, 0.5) is 4.39 Å². The number of nitrogens with zero attached hydrogens (tertiary/aromatic N) is 4. The van der Waals surface area contributed by atoms with Crippen LogP contribution in [0.3, 0.4) is 0 Å². The fraction of sp³-hybridized carbons (Fsp3) is 0.241. The van der Waals surface area contributed by atoms with Crippen molar-refractivity contribution >= 4 is 5.91 Å². The van der Waals surface area contributed by atoms with Gasteiger partial charge in [0.2, 0.25) is 0 Å². The van der Waals surface area contributed by atoms with Gasteiger partial charge in [-0.15, -0.1) is 0 Å². The van der Waals surface area contributed by atoms with Crippen LogP contribution in [0.2, 0.25) is 0 Å². The molecule has 0 unspecified atom stereocenters. The molecule has 1 heterocycles. The summed E-state index contributed by atoms with van der Waals surface area (Å²) in [6, 6.07) is 24.2. The first-order valence-electron chi connectivity index (χ1n) is 11.7. The van der Waals surface area contributed by atoms with Gasteiger partial charge in [0.15, 0.2) is 0 Å². The quantitative estimate of drug-likeness (QED) is 0.342. The highest BCUT2D eigenvalue weighted by Gasteiger charge is 2.24. The van der Waals surface area contributed by atoms with Crippen molar-refractivity contribution in [1.29, 1.82) is 0 Å². The smallest absolute Gasteiger partial charge is 0.272 e. The number of hydrogen-bond acceptors (Lipinski definition) is 3. The third kappa shape index (κ3) is 5.66. The largest absolute Gasteiger partial charge is 0.332 e. The van der Waals surface area contributed by atoms with Gasteiger partial charge < -0.3 is 9.80 Å². The average Bonchev–Trinajstić information content (AvgIpc) is 3.28. The molecule has 0 radical (unpaired) electrons. The van der Waals surface area contributed by atoms with Crippen LogP contribution in [0.25, 0.3) is 16.9 Å². The molecule has 0 fully saturated rings. The molecule has 0 aliphatic carbocycles. The topological polar surface area (TPSA) is 41.4 Å². The van der Waals surface area contributed by atoms with Crippen molar-refractivity contribution in [2.24, 2.45) is 0 Å². The molecule has 6 heteroatoms. The summed E-state index contributed by atoms with van der Waals surface area (Å²) >= 11 is 0. The van der Waals surface area contributed by atoms with Gasteiger partial charge in [-0.25, -0.2) is 9.07 Å². The van der Waals surface area contributed by atoms with Gasteiger partial charge in [-0.05, 0) is 68.9 Å². The van der Waals surface area contributed by atoms with Crippen LogP contribution in [0.15, 0.2) is 78.9 Å². The maximum Gasteiger partial charge on any atom is 0.272 e. The lowest BCUT2D eigenvalue weighted by atomic mass is 10.1. The Morgan fingerprint density at radius 1 is 0.914 bits per heavy atom. The summed E-state index contributed by atoms with van der Waals surface area (Å²) in [4.78, 5) is 17.9. The minimum atomic E-state index is -0.370. The van der Waals surface area contributed by atoms with Crippen LogP contribution in [0.1, 0.15) is 27.2 Å². The molecular weight excluding hydrogens is 439 g/mol. The van der Waals surface area contributed by atoms with Gasteiger partial charge in [0.1, 0.15) is 11.5 Å². The monoisotopic (exact) mass is 470 g/mol. The fourth-order valence-electron chi connectivity index (χ4n) is 4.00. The number of carbonyl (C=O) groups is 1. The third-order valence-corrected chi connectivity index (χ3v) is 5.99. The van der Waals surface area contributed by atoms with Crippen LogP contribution < -0.4 is 0 Å². The van der Waals surface area contributed by atoms with Gasteiger partial charge in [0.05, 0.1) is 11.4 Å². The first-order valence-corrected chi connectivity index (χ1v) is 11.7. The minimum Gasteiger partial charge on any atom is -0.332 e. The Hall–Kier alpha value is -3.77. The molecule has 180 valence electrons. The molecule has 3 aromatic carbocycles. The molecule has 0 aliphatic rings. The van der Waals surface area contributed by atoms with Gasteiger partial charge in [-0.3, -0.25) is 4.79 Å². The summed E-state index contributed by atoms with van der Waals surface area (Å²) in [5, 5.41) is 4.74. The number of benzene rings is 3. The van der Waals surface area contributed by atoms with E-state index in [1.807, 2.05) is 81.4 Å². The molecule has 0 aliphatic heterocycles. The molecular formula is C29H31FN4O. The van der Waals surface area contributed by atoms with Crippen LogP contribution >= 0.6 is 0 Å². The zero-order chi connectivity index (χ0) is 24.9. The summed E-state index contributed by atoms with van der Waals surface area (Å²) in [5.74, 6) is -0.516.